The molecule has 0 heterocycles. The Labute approximate surface area is 179 Å². The van der Waals surface area contributed by atoms with Gasteiger partial charge < -0.3 is 15.3 Å². The van der Waals surface area contributed by atoms with Crippen molar-refractivity contribution in [3.8, 4) is 0 Å². The third-order valence-electron chi connectivity index (χ3n) is 5.14. The third-order valence-corrected chi connectivity index (χ3v) is 5.14. The van der Waals surface area contributed by atoms with E-state index in [0.717, 1.165) is 44.6 Å². The number of aliphatic hydroxyl groups excluding tert-OH is 3. The standard InChI is InChI=1S/C23H36O7/c1-2-3-6-10-19(25)13-14-21-18(12-15-22(21)27)9-7-4-5-8-11-23(28)30-29-17-20(26)16-24/h4-5,7-9,11,18-21,24-26H,2-3,6,10,12-17H2,1H3/b5-4-,9-7?,11-8?/t18-,19-,20?,21+/m0/s1. The van der Waals surface area contributed by atoms with Crippen LogP contribution < -0.4 is 0 Å². The molecular weight excluding hydrogens is 388 g/mol. The molecule has 30 heavy (non-hydrogen) atoms. The summed E-state index contributed by atoms with van der Waals surface area (Å²) in [7, 11) is 0. The maximum absolute atomic E-state index is 12.2. The molecule has 7 heteroatoms. The second-order valence-corrected chi connectivity index (χ2v) is 7.65. The van der Waals surface area contributed by atoms with E-state index in [9.17, 15) is 14.7 Å². The summed E-state index contributed by atoms with van der Waals surface area (Å²) in [5.74, 6) is -0.284. The Morgan fingerprint density at radius 1 is 1.13 bits per heavy atom. The number of unbranched alkanes of at least 4 members (excludes halogenated alkanes) is 2. The molecule has 0 bridgehead atoms. The first kappa shape index (κ1) is 26.2. The third kappa shape index (κ3) is 11.4. The van der Waals surface area contributed by atoms with Gasteiger partial charge in [-0.05, 0) is 31.6 Å². The number of ketones is 1. The Balaban J connectivity index is 2.34. The van der Waals surface area contributed by atoms with Crippen molar-refractivity contribution in [1.82, 2.24) is 0 Å². The first-order valence-corrected chi connectivity index (χ1v) is 10.8. The summed E-state index contributed by atoms with van der Waals surface area (Å²) in [5, 5.41) is 27.7. The molecular formula is C23H36O7. The molecule has 7 nitrogen and oxygen atoms in total. The summed E-state index contributed by atoms with van der Waals surface area (Å²) in [5.41, 5.74) is 0. The first-order valence-electron chi connectivity index (χ1n) is 10.8. The minimum atomic E-state index is -1.09. The number of aliphatic hydroxyl groups is 3. The number of allylic oxidation sites excluding steroid dienone is 5. The second kappa shape index (κ2) is 16.0. The van der Waals surface area contributed by atoms with Crippen molar-refractivity contribution >= 4 is 11.8 Å². The van der Waals surface area contributed by atoms with Crippen LogP contribution in [-0.2, 0) is 19.4 Å². The molecule has 1 fully saturated rings. The Morgan fingerprint density at radius 3 is 2.63 bits per heavy atom. The predicted octanol–water partition coefficient (Wildman–Crippen LogP) is 2.80. The number of carbonyl (C=O) groups is 2. The van der Waals surface area contributed by atoms with Crippen LogP contribution >= 0.6 is 0 Å². The zero-order chi connectivity index (χ0) is 22.2. The normalized spacial score (nSPS) is 21.8. The summed E-state index contributed by atoms with van der Waals surface area (Å²) < 4.78 is 0. The van der Waals surface area contributed by atoms with Gasteiger partial charge in [-0.3, -0.25) is 9.68 Å². The van der Waals surface area contributed by atoms with Crippen LogP contribution in [0.15, 0.2) is 36.5 Å². The minimum Gasteiger partial charge on any atom is -0.394 e. The lowest BCUT2D eigenvalue weighted by atomic mass is 9.89. The molecule has 0 aliphatic heterocycles. The van der Waals surface area contributed by atoms with Crippen molar-refractivity contribution in [1.29, 1.82) is 0 Å². The van der Waals surface area contributed by atoms with E-state index in [1.54, 1.807) is 12.2 Å². The number of hydrogen-bond acceptors (Lipinski definition) is 7. The topological polar surface area (TPSA) is 113 Å². The fourth-order valence-electron chi connectivity index (χ4n) is 3.41. The quantitative estimate of drug-likeness (QED) is 0.122. The van der Waals surface area contributed by atoms with E-state index in [1.165, 1.54) is 6.08 Å². The molecule has 170 valence electrons. The Hall–Kier alpha value is -1.80. The van der Waals surface area contributed by atoms with Crippen molar-refractivity contribution in [2.45, 2.75) is 70.5 Å². The van der Waals surface area contributed by atoms with Crippen molar-refractivity contribution in [2.24, 2.45) is 11.8 Å². The molecule has 4 atom stereocenters. The summed E-state index contributed by atoms with van der Waals surface area (Å²) in [4.78, 5) is 32.4. The van der Waals surface area contributed by atoms with Crippen molar-refractivity contribution in [3.05, 3.63) is 36.5 Å². The van der Waals surface area contributed by atoms with Gasteiger partial charge in [-0.25, -0.2) is 4.79 Å². The van der Waals surface area contributed by atoms with Crippen LogP contribution in [0.4, 0.5) is 0 Å². The van der Waals surface area contributed by atoms with E-state index >= 15 is 0 Å². The Morgan fingerprint density at radius 2 is 1.90 bits per heavy atom. The smallest absolute Gasteiger partial charge is 0.365 e. The lowest BCUT2D eigenvalue weighted by Gasteiger charge is -2.17. The summed E-state index contributed by atoms with van der Waals surface area (Å²) >= 11 is 0. The maximum atomic E-state index is 12.2. The molecule has 1 unspecified atom stereocenters. The molecule has 0 aromatic rings. The van der Waals surface area contributed by atoms with Crippen LogP contribution in [0.25, 0.3) is 0 Å². The van der Waals surface area contributed by atoms with Gasteiger partial charge >= 0.3 is 5.97 Å². The van der Waals surface area contributed by atoms with Gasteiger partial charge in [0.2, 0.25) is 0 Å². The monoisotopic (exact) mass is 424 g/mol. The highest BCUT2D eigenvalue weighted by Crippen LogP contribution is 2.33. The van der Waals surface area contributed by atoms with Gasteiger partial charge in [0.1, 0.15) is 18.5 Å². The second-order valence-electron chi connectivity index (χ2n) is 7.65. The zero-order valence-electron chi connectivity index (χ0n) is 17.8. The molecule has 0 radical (unpaired) electrons. The van der Waals surface area contributed by atoms with Gasteiger partial charge in [0.05, 0.1) is 12.7 Å². The van der Waals surface area contributed by atoms with Crippen LogP contribution in [-0.4, -0.2) is 52.5 Å². The molecule has 1 aliphatic carbocycles. The molecule has 0 spiro atoms. The largest absolute Gasteiger partial charge is 0.394 e. The highest BCUT2D eigenvalue weighted by atomic mass is 17.2. The number of carbonyl (C=O) groups excluding carboxylic acids is 2. The van der Waals surface area contributed by atoms with Gasteiger partial charge in [-0.2, -0.15) is 4.89 Å². The molecule has 1 rings (SSSR count). The van der Waals surface area contributed by atoms with Gasteiger partial charge in [-0.1, -0.05) is 56.6 Å². The van der Waals surface area contributed by atoms with E-state index in [4.69, 9.17) is 10.2 Å². The van der Waals surface area contributed by atoms with Crippen molar-refractivity contribution < 1.29 is 34.7 Å². The Bertz CT molecular complexity index is 582. The van der Waals surface area contributed by atoms with E-state index in [2.05, 4.69) is 16.7 Å². The summed E-state index contributed by atoms with van der Waals surface area (Å²) in [6, 6.07) is 0. The van der Waals surface area contributed by atoms with Crippen LogP contribution in [0.3, 0.4) is 0 Å². The van der Waals surface area contributed by atoms with Crippen LogP contribution in [0, 0.1) is 11.8 Å². The summed E-state index contributed by atoms with van der Waals surface area (Å²) in [6.07, 6.45) is 15.4. The van der Waals surface area contributed by atoms with Crippen LogP contribution in [0.1, 0.15) is 58.3 Å². The number of Topliss-reactive ketones (excluding diaryl/α,β-unsaturated/α-hetero) is 1. The van der Waals surface area contributed by atoms with E-state index in [0.29, 0.717) is 12.8 Å². The fourth-order valence-corrected chi connectivity index (χ4v) is 3.41. The predicted molar refractivity (Wildman–Crippen MR) is 113 cm³/mol. The highest BCUT2D eigenvalue weighted by molar-refractivity contribution is 5.83. The minimum absolute atomic E-state index is 0.0209. The van der Waals surface area contributed by atoms with Gasteiger partial charge in [0.15, 0.2) is 0 Å². The van der Waals surface area contributed by atoms with Gasteiger partial charge in [-0.15, -0.1) is 0 Å². The van der Waals surface area contributed by atoms with Crippen LogP contribution in [0.2, 0.25) is 0 Å². The average molecular weight is 425 g/mol. The lowest BCUT2D eigenvalue weighted by molar-refractivity contribution is -0.278. The van der Waals surface area contributed by atoms with E-state index in [-0.39, 0.29) is 30.3 Å². The molecule has 0 amide bonds. The molecule has 0 saturated heterocycles. The molecule has 1 saturated carbocycles. The lowest BCUT2D eigenvalue weighted by Crippen LogP contribution is -2.20. The average Bonchev–Trinajstić information content (AvgIpc) is 3.08. The van der Waals surface area contributed by atoms with E-state index in [1.807, 2.05) is 12.2 Å². The highest BCUT2D eigenvalue weighted by Gasteiger charge is 2.32. The van der Waals surface area contributed by atoms with Crippen molar-refractivity contribution in [2.75, 3.05) is 13.2 Å². The fraction of sp³-hybridized carbons (Fsp3) is 0.652. The maximum Gasteiger partial charge on any atom is 0.365 e. The SMILES string of the molecule is CCCCC[C@H](O)CC[C@H]1C(=O)CC[C@@H]1C=C/C=C\C=CC(=O)OOCC(O)CO. The zero-order valence-corrected chi connectivity index (χ0v) is 17.8. The first-order chi connectivity index (χ1) is 14.5. The van der Waals surface area contributed by atoms with Crippen LogP contribution in [0.5, 0.6) is 0 Å². The van der Waals surface area contributed by atoms with Gasteiger partial charge in [0, 0.05) is 18.4 Å². The molecule has 0 aromatic carbocycles. The van der Waals surface area contributed by atoms with Gasteiger partial charge in [0.25, 0.3) is 0 Å². The Kier molecular flexibility index (Phi) is 14.0. The number of hydrogen-bond donors (Lipinski definition) is 3. The van der Waals surface area contributed by atoms with Crippen molar-refractivity contribution in [3.63, 3.8) is 0 Å². The summed E-state index contributed by atoms with van der Waals surface area (Å²) in [6.45, 7) is 1.36. The molecule has 0 aromatic heterocycles. The number of rotatable bonds is 15. The molecule has 3 N–H and O–H groups in total. The molecule has 1 aliphatic rings. The van der Waals surface area contributed by atoms with E-state index < -0.39 is 18.7 Å².